The summed E-state index contributed by atoms with van der Waals surface area (Å²) in [6.07, 6.45) is 42.0. The number of nitrogens with one attached hydrogen (secondary N) is 6. The number of quaternary nitrogens is 1. The molecule has 1 unspecified atom stereocenters. The minimum absolute atomic E-state index is 0.0738. The molecule has 8 saturated carbocycles. The predicted molar refractivity (Wildman–Crippen MR) is 569 cm³/mol. The number of unbranched alkanes of at least 4 members (excludes halogenated alkanes) is 14. The van der Waals surface area contributed by atoms with E-state index in [0.29, 0.717) is 121 Å². The van der Waals surface area contributed by atoms with E-state index in [4.69, 9.17) is 50.6 Å². The molecule has 3 saturated heterocycles. The highest BCUT2D eigenvalue weighted by molar-refractivity contribution is 7.87. The van der Waals surface area contributed by atoms with Gasteiger partial charge in [0.05, 0.1) is 97.4 Å². The lowest BCUT2D eigenvalue weighted by atomic mass is 9.53. The molecule has 42 nitrogen and oxygen atoms in total. The molecule has 0 aromatic carbocycles. The summed E-state index contributed by atoms with van der Waals surface area (Å²) >= 11 is 0. The van der Waals surface area contributed by atoms with Gasteiger partial charge in [-0.2, -0.15) is 84.2 Å². The molecule has 17 N–H and O–H groups in total. The van der Waals surface area contributed by atoms with Gasteiger partial charge in [0.2, 0.25) is 0 Å². The maximum atomic E-state index is 10.9. The summed E-state index contributed by atoms with van der Waals surface area (Å²) in [6, 6.07) is 0.306. The van der Waals surface area contributed by atoms with Crippen LogP contribution in [0.1, 0.15) is 311 Å². The number of aliphatic hydroxyl groups excluding tert-OH is 1. The van der Waals surface area contributed by atoms with Crippen LogP contribution in [0.15, 0.2) is 0 Å². The van der Waals surface area contributed by atoms with Gasteiger partial charge in [0.25, 0.3) is 101 Å². The van der Waals surface area contributed by atoms with Crippen molar-refractivity contribution in [2.45, 2.75) is 335 Å². The van der Waals surface area contributed by atoms with E-state index in [1.807, 2.05) is 32.8 Å². The smallest absolute Gasteiger partial charge is 0.322 e. The molecule has 11 rings (SSSR count). The molecule has 3 aliphatic heterocycles. The molecule has 2 atom stereocenters. The molecule has 0 aromatic heterocycles. The molecule has 10 bridgehead atoms. The second-order valence-electron chi connectivity index (χ2n) is 41.6. The van der Waals surface area contributed by atoms with Gasteiger partial charge in [0.15, 0.2) is 0 Å². The molecule has 144 heavy (non-hydrogen) atoms. The zero-order chi connectivity index (χ0) is 109. The van der Waals surface area contributed by atoms with Crippen molar-refractivity contribution in [3.05, 3.63) is 0 Å². The maximum absolute atomic E-state index is 10.9. The predicted octanol–water partition coefficient (Wildman–Crippen LogP) is 10.1. The zero-order valence-electron chi connectivity index (χ0n) is 88.0. The Labute approximate surface area is 869 Å². The molecule has 11 fully saturated rings. The third-order valence-electron chi connectivity index (χ3n) is 27.3. The first-order valence-corrected chi connectivity index (χ1v) is 68.7. The number of nitrogens with zero attached hydrogens (tertiary/aromatic N) is 3. The highest BCUT2D eigenvalue weighted by Gasteiger charge is 2.51. The molecule has 3 heterocycles. The summed E-state index contributed by atoms with van der Waals surface area (Å²) in [5.74, 6) is 6.09. The van der Waals surface area contributed by atoms with E-state index in [-0.39, 0.29) is 76.6 Å². The summed E-state index contributed by atoms with van der Waals surface area (Å²) in [5.41, 5.74) is 0.368. The van der Waals surface area contributed by atoms with E-state index in [1.165, 1.54) is 160 Å². The minimum Gasteiger partial charge on any atom is -0.468 e. The molecule has 11 aliphatic rings. The average Bonchev–Trinajstić information content (AvgIpc) is 0.742. The number of hydrogen-bond donors (Lipinski definition) is 17. The van der Waals surface area contributed by atoms with Gasteiger partial charge < -0.3 is 56.0 Å². The fourth-order valence-electron chi connectivity index (χ4n) is 20.5. The van der Waals surface area contributed by atoms with E-state index >= 15 is 0 Å². The van der Waals surface area contributed by atoms with Crippen LogP contribution >= 0.6 is 0 Å². The second-order valence-corrected chi connectivity index (χ2v) is 57.3. The van der Waals surface area contributed by atoms with Crippen molar-refractivity contribution in [2.75, 3.05) is 190 Å². The number of methoxy groups -OCH3 is 1. The third-order valence-corrected chi connectivity index (χ3v) is 35.4. The molecule has 0 spiro atoms. The number of carbonyl (C=O) groups is 1. The third kappa shape index (κ3) is 85.5. The first-order chi connectivity index (χ1) is 66.8. The Hall–Kier alpha value is -1.83. The number of hydrogen-bond acceptors (Lipinski definition) is 31. The first kappa shape index (κ1) is 142. The summed E-state index contributed by atoms with van der Waals surface area (Å²) in [6.45, 7) is 26.7. The number of aliphatic hydroxyl groups is 1. The normalized spacial score (nSPS) is 22.6. The van der Waals surface area contributed by atoms with Crippen LogP contribution in [0.4, 0.5) is 0 Å². The van der Waals surface area contributed by atoms with Gasteiger partial charge in [0.1, 0.15) is 6.04 Å². The Morgan fingerprint density at radius 1 is 0.361 bits per heavy atom. The van der Waals surface area contributed by atoms with Crippen molar-refractivity contribution >= 4 is 107 Å². The summed E-state index contributed by atoms with van der Waals surface area (Å²) < 4.78 is 301. The van der Waals surface area contributed by atoms with E-state index in [9.17, 15) is 89.0 Å². The fraction of sp³-hybridized carbons (Fsp3) is 0.989. The average molecular weight is 2280 g/mol. The Balaban J connectivity index is 0.00000161. The number of fused-ring (bicyclic) bond motifs is 3. The van der Waals surface area contributed by atoms with E-state index < -0.39 is 113 Å². The highest BCUT2D eigenvalue weighted by Crippen LogP contribution is 2.56. The monoisotopic (exact) mass is 2270 g/mol. The molecule has 0 amide bonds. The number of esters is 1. The molecule has 0 radical (unpaired) electrons. The molecule has 52 heteroatoms. The second kappa shape index (κ2) is 75.9. The molecule has 864 valence electrons. The Kier molecular flexibility index (Phi) is 74.9. The van der Waals surface area contributed by atoms with Gasteiger partial charge in [-0.3, -0.25) is 50.3 Å². The van der Waals surface area contributed by atoms with Crippen molar-refractivity contribution in [3.63, 3.8) is 0 Å². The van der Waals surface area contributed by atoms with Crippen molar-refractivity contribution in [2.24, 2.45) is 53.3 Å². The minimum atomic E-state index is -3.90. The standard InChI is InChI=1S/2C14H25NO3S.C13H29NO6S2.C12H27NO3S.C11H21NO3S.C9H21NO4S.C7H15NO5S.2C6H15NO3S/c16-19(17,18)4-2-1-3-15-14-8-11-5-12(9-14)7-13(6-11)10-14;16-19(17,18)4-2-1-3-15-14-12-6-10-5-11(8-12)9-13(14)7-10;1-13(2)7-10-14(8-3-5-11-21(15,16)17)9-4-6-12-22(18,19)20;1-2-3-4-5-6-7-10-13-11-8-9-12-17(14,15)16;13-16(14,15)10-2-1-6-12-7-3-11(4-8-12)5-9-12;1-2-5-9(8-11)10-6-3-4-7-15(12,13)14;1-6(7(9)13-2)8-4-3-5-14(10,11)12;1-7(2)5-3-4-6-11(8,9)10;1-2-7-5-3-4-6-11(8,9)10/h11-13,15H,1-10H2,(H,16,17,18);10-15H,1-9H2,(H,16,17,18);13H,3-12H2,1-2H3,(H,15,16,17)(H,18,19,20);13H,2-12H2,1H3,(H,14,15,16);11H,1-10H2;9-11H,2-8H2,1H3,(H,12,13,14);6,8H,3-5H2,1-2H3,(H,10,11,12);3-6H2,1-2H3,(H,8,9,10);7H,2-6H2,1H3,(H,8,9,10)/p+1/t;;;;;;6-;;/m......1../s1. The van der Waals surface area contributed by atoms with Crippen molar-refractivity contribution in [1.82, 2.24) is 41.7 Å². The quantitative estimate of drug-likeness (QED) is 0.0116. The van der Waals surface area contributed by atoms with Crippen LogP contribution in [0, 0.1) is 53.3 Å². The van der Waals surface area contributed by atoms with Crippen LogP contribution in [0.25, 0.3) is 0 Å². The Morgan fingerprint density at radius 2 is 0.694 bits per heavy atom. The molecule has 8 aliphatic carbocycles. The van der Waals surface area contributed by atoms with Crippen molar-refractivity contribution in [1.29, 1.82) is 0 Å². The molecular weight excluding hydrogens is 2080 g/mol. The van der Waals surface area contributed by atoms with Crippen LogP contribution in [-0.2, 0) is 111 Å². The fourth-order valence-corrected chi connectivity index (χ4v) is 26.1. The lowest BCUT2D eigenvalue weighted by molar-refractivity contribution is -0.942. The highest BCUT2D eigenvalue weighted by atomic mass is 32.3. The summed E-state index contributed by atoms with van der Waals surface area (Å²) in [5, 5.41) is 28.6. The number of carbonyl (C=O) groups excluding carboxylic acids is 1. The van der Waals surface area contributed by atoms with E-state index in [2.05, 4.69) is 62.3 Å². The van der Waals surface area contributed by atoms with Gasteiger partial charge in [-0.15, -0.1) is 0 Å². The van der Waals surface area contributed by atoms with Crippen LogP contribution in [0.2, 0.25) is 0 Å². The van der Waals surface area contributed by atoms with Gasteiger partial charge in [-0.05, 0) is 384 Å². The van der Waals surface area contributed by atoms with Gasteiger partial charge in [-0.25, -0.2) is 0 Å². The van der Waals surface area contributed by atoms with Gasteiger partial charge >= 0.3 is 5.97 Å². The van der Waals surface area contributed by atoms with Crippen LogP contribution in [-0.4, -0.2) is 369 Å². The largest absolute Gasteiger partial charge is 0.468 e. The van der Waals surface area contributed by atoms with Gasteiger partial charge in [-0.1, -0.05) is 73.1 Å². The van der Waals surface area contributed by atoms with Gasteiger partial charge in [0, 0.05) is 17.6 Å². The van der Waals surface area contributed by atoms with Crippen LogP contribution in [0.3, 0.4) is 0 Å². The Bertz CT molecular complexity index is 4470. The van der Waals surface area contributed by atoms with Crippen molar-refractivity contribution in [3.8, 4) is 0 Å². The molecular formula is C92H194N9O33S10+. The van der Waals surface area contributed by atoms with Crippen LogP contribution < -0.4 is 31.9 Å². The van der Waals surface area contributed by atoms with Crippen LogP contribution in [0.5, 0.6) is 0 Å². The first-order valence-electron chi connectivity index (χ1n) is 52.6. The SMILES string of the molecule is CC(C)CCN(CCCCS(=O)(=O)O)CCCCS(=O)(=O)O.CCCC(CO)NCCCCS(=O)(=O)O.CCCCCCCCNCCCCS(=O)(=O)O.CCNCCCCS(=O)(=O)O.CN(C)CCCCS(=O)(=O)O.COC(=O)[C@@H](C)NCCCS(=O)(=O)O.O=S(=O)(O)CCCCNC12CC3CC(CC(C3)C1)C2.O=S(=O)(O)CCCCNC1C2CC3CC(C2)CC1C3.O=S(=O)(O)CCCC[N+]12CCC(CC1)CC2. The zero-order valence-corrected chi connectivity index (χ0v) is 96.2. The van der Waals surface area contributed by atoms with Crippen molar-refractivity contribution < 1.29 is 149 Å². The maximum Gasteiger partial charge on any atom is 0.322 e. The summed E-state index contributed by atoms with van der Waals surface area (Å²) in [7, 11) is -32.9. The number of piperidine rings is 3. The summed E-state index contributed by atoms with van der Waals surface area (Å²) in [4.78, 5) is 15.0. The number of ether oxygens (including phenoxy) is 1. The lowest BCUT2D eigenvalue weighted by Gasteiger charge is -2.57. The molecule has 0 aromatic rings. The van der Waals surface area contributed by atoms with E-state index in [1.54, 1.807) is 6.92 Å². The lowest BCUT2D eigenvalue weighted by Crippen LogP contribution is -2.58. The van der Waals surface area contributed by atoms with E-state index in [0.717, 1.165) is 164 Å². The topological polar surface area (TPSA) is 669 Å². The number of rotatable bonds is 68. The Morgan fingerprint density at radius 3 is 1.06 bits per heavy atom.